The Morgan fingerprint density at radius 2 is 1.73 bits per heavy atom. The molecule has 1 unspecified atom stereocenters. The molecule has 0 radical (unpaired) electrons. The minimum Gasteiger partial charge on any atom is -0.335 e. The summed E-state index contributed by atoms with van der Waals surface area (Å²) in [5.41, 5.74) is 1.39. The van der Waals surface area contributed by atoms with Crippen molar-refractivity contribution in [1.29, 1.82) is 0 Å². The van der Waals surface area contributed by atoms with E-state index in [2.05, 4.69) is 45.9 Å². The molecule has 1 saturated heterocycles. The van der Waals surface area contributed by atoms with Gasteiger partial charge in [0.25, 0.3) is 0 Å². The van der Waals surface area contributed by atoms with Gasteiger partial charge in [0.2, 0.25) is 5.91 Å². The van der Waals surface area contributed by atoms with Gasteiger partial charge in [-0.25, -0.2) is 4.79 Å². The van der Waals surface area contributed by atoms with Crippen LogP contribution in [0.25, 0.3) is 0 Å². The van der Waals surface area contributed by atoms with Crippen molar-refractivity contribution in [3.63, 3.8) is 0 Å². The maximum absolute atomic E-state index is 12.4. The largest absolute Gasteiger partial charge is 0.335 e. The molecule has 5 nitrogen and oxygen atoms in total. The molecule has 0 bridgehead atoms. The molecule has 2 fully saturated rings. The summed E-state index contributed by atoms with van der Waals surface area (Å²) in [7, 11) is 0. The predicted octanol–water partition coefficient (Wildman–Crippen LogP) is 3.10. The summed E-state index contributed by atoms with van der Waals surface area (Å²) in [5.74, 6) is 0.483. The number of likely N-dealkylation sites (tertiary alicyclic amines) is 1. The number of hydrogen-bond acceptors (Lipinski definition) is 3. The molecule has 1 saturated carbocycles. The van der Waals surface area contributed by atoms with Crippen LogP contribution >= 0.6 is 0 Å². The average Bonchev–Trinajstić information content (AvgIpc) is 3.15. The van der Waals surface area contributed by atoms with E-state index >= 15 is 0 Å². The lowest BCUT2D eigenvalue weighted by Crippen LogP contribution is -2.52. The summed E-state index contributed by atoms with van der Waals surface area (Å²) < 4.78 is 0. The first-order chi connectivity index (χ1) is 12.6. The fraction of sp³-hybridized carbons (Fsp3) is 0.619. The van der Waals surface area contributed by atoms with Crippen molar-refractivity contribution in [1.82, 2.24) is 15.5 Å². The zero-order chi connectivity index (χ0) is 18.4. The lowest BCUT2D eigenvalue weighted by atomic mass is 9.89. The summed E-state index contributed by atoms with van der Waals surface area (Å²) in [6.45, 7) is 3.72. The Hall–Kier alpha value is -1.88. The van der Waals surface area contributed by atoms with Gasteiger partial charge in [0, 0.05) is 6.04 Å². The molecule has 1 aromatic rings. The Labute approximate surface area is 156 Å². The van der Waals surface area contributed by atoms with E-state index in [0.29, 0.717) is 5.92 Å². The van der Waals surface area contributed by atoms with Crippen LogP contribution < -0.4 is 10.6 Å². The minimum atomic E-state index is -0.340. The second-order valence-electron chi connectivity index (χ2n) is 7.79. The molecule has 1 aliphatic heterocycles. The van der Waals surface area contributed by atoms with Crippen molar-refractivity contribution >= 4 is 11.9 Å². The maximum atomic E-state index is 12.4. The highest BCUT2D eigenvalue weighted by Gasteiger charge is 2.28. The van der Waals surface area contributed by atoms with E-state index in [1.165, 1.54) is 5.56 Å². The van der Waals surface area contributed by atoms with E-state index < -0.39 is 0 Å². The van der Waals surface area contributed by atoms with Crippen LogP contribution in [0.2, 0.25) is 0 Å². The lowest BCUT2D eigenvalue weighted by molar-refractivity contribution is -0.125. The van der Waals surface area contributed by atoms with Gasteiger partial charge < -0.3 is 5.32 Å². The molecular formula is C21H31N3O2. The molecule has 3 amide bonds. The van der Waals surface area contributed by atoms with Gasteiger partial charge in [0.15, 0.2) is 0 Å². The van der Waals surface area contributed by atoms with Crippen LogP contribution in [0.5, 0.6) is 0 Å². The average molecular weight is 357 g/mol. The highest BCUT2D eigenvalue weighted by Crippen LogP contribution is 2.23. The van der Waals surface area contributed by atoms with Crippen LogP contribution in [0.15, 0.2) is 30.3 Å². The van der Waals surface area contributed by atoms with E-state index in [9.17, 15) is 9.59 Å². The molecular weight excluding hydrogens is 326 g/mol. The summed E-state index contributed by atoms with van der Waals surface area (Å²) in [6, 6.07) is 10.2. The topological polar surface area (TPSA) is 61.4 Å². The molecule has 0 spiro atoms. The number of benzene rings is 1. The zero-order valence-corrected chi connectivity index (χ0v) is 15.7. The van der Waals surface area contributed by atoms with Crippen molar-refractivity contribution in [3.8, 4) is 0 Å². The number of piperidine rings is 1. The molecule has 5 heteroatoms. The standard InChI is InChI=1S/C21H31N3O2/c1-16(20(25)23-21(26)22-19-9-5-6-10-19)24-13-11-18(12-14-24)15-17-7-3-2-4-8-17/h2-4,7-8,16,18-19H,5-6,9-15H2,1H3,(H2,22,23,25,26). The SMILES string of the molecule is CC(C(=O)NC(=O)NC1CCCC1)N1CCC(Cc2ccccc2)CC1. The van der Waals surface area contributed by atoms with Crippen LogP contribution in [-0.4, -0.2) is 42.0 Å². The predicted molar refractivity (Wildman–Crippen MR) is 103 cm³/mol. The summed E-state index contributed by atoms with van der Waals surface area (Å²) in [4.78, 5) is 26.6. The van der Waals surface area contributed by atoms with Gasteiger partial charge in [0.05, 0.1) is 6.04 Å². The Morgan fingerprint density at radius 3 is 2.38 bits per heavy atom. The fourth-order valence-electron chi connectivity index (χ4n) is 4.17. The van der Waals surface area contributed by atoms with Gasteiger partial charge in [-0.05, 0) is 63.6 Å². The lowest BCUT2D eigenvalue weighted by Gasteiger charge is -2.35. The summed E-state index contributed by atoms with van der Waals surface area (Å²) in [5, 5.41) is 5.44. The molecule has 26 heavy (non-hydrogen) atoms. The van der Waals surface area contributed by atoms with Gasteiger partial charge in [-0.15, -0.1) is 0 Å². The molecule has 3 rings (SSSR count). The first kappa shape index (κ1) is 18.9. The first-order valence-corrected chi connectivity index (χ1v) is 10.0. The van der Waals surface area contributed by atoms with Crippen molar-refractivity contribution in [2.45, 2.75) is 64.0 Å². The number of nitrogens with one attached hydrogen (secondary N) is 2. The van der Waals surface area contributed by atoms with Crippen molar-refractivity contribution in [3.05, 3.63) is 35.9 Å². The molecule has 1 aliphatic carbocycles. The van der Waals surface area contributed by atoms with Gasteiger partial charge >= 0.3 is 6.03 Å². The Morgan fingerprint density at radius 1 is 1.08 bits per heavy atom. The second-order valence-corrected chi connectivity index (χ2v) is 7.79. The molecule has 2 N–H and O–H groups in total. The van der Waals surface area contributed by atoms with Crippen molar-refractivity contribution < 1.29 is 9.59 Å². The fourth-order valence-corrected chi connectivity index (χ4v) is 4.17. The van der Waals surface area contributed by atoms with E-state index in [1.54, 1.807) is 0 Å². The molecule has 1 aromatic carbocycles. The minimum absolute atomic E-state index is 0.193. The molecule has 2 aliphatic rings. The highest BCUT2D eigenvalue weighted by atomic mass is 16.2. The smallest absolute Gasteiger partial charge is 0.321 e. The Balaban J connectivity index is 1.40. The van der Waals surface area contributed by atoms with E-state index in [0.717, 1.165) is 58.0 Å². The molecule has 1 heterocycles. The number of imide groups is 1. The Bertz CT molecular complexity index is 591. The quantitative estimate of drug-likeness (QED) is 0.851. The van der Waals surface area contributed by atoms with Gasteiger partial charge in [-0.1, -0.05) is 43.2 Å². The Kier molecular flexibility index (Phi) is 6.67. The normalized spacial score (nSPS) is 20.7. The van der Waals surface area contributed by atoms with Crippen molar-refractivity contribution in [2.75, 3.05) is 13.1 Å². The molecule has 1 atom stereocenters. The third kappa shape index (κ3) is 5.31. The number of carbonyl (C=O) groups excluding carboxylic acids is 2. The van der Waals surface area contributed by atoms with Crippen LogP contribution in [0.1, 0.15) is 51.0 Å². The zero-order valence-electron chi connectivity index (χ0n) is 15.7. The van der Waals surface area contributed by atoms with E-state index in [1.807, 2.05) is 6.92 Å². The van der Waals surface area contributed by atoms with E-state index in [-0.39, 0.29) is 24.0 Å². The van der Waals surface area contributed by atoms with Gasteiger partial charge in [0.1, 0.15) is 0 Å². The number of hydrogen-bond donors (Lipinski definition) is 2. The second kappa shape index (κ2) is 9.17. The number of urea groups is 1. The van der Waals surface area contributed by atoms with Gasteiger partial charge in [-0.3, -0.25) is 15.0 Å². The molecule has 142 valence electrons. The monoisotopic (exact) mass is 357 g/mol. The maximum Gasteiger partial charge on any atom is 0.321 e. The highest BCUT2D eigenvalue weighted by molar-refractivity contribution is 5.96. The number of amides is 3. The van der Waals surface area contributed by atoms with Crippen LogP contribution in [0.4, 0.5) is 4.79 Å². The van der Waals surface area contributed by atoms with Crippen LogP contribution in [0, 0.1) is 5.92 Å². The molecule has 0 aromatic heterocycles. The number of rotatable bonds is 5. The van der Waals surface area contributed by atoms with E-state index in [4.69, 9.17) is 0 Å². The van der Waals surface area contributed by atoms with Crippen molar-refractivity contribution in [2.24, 2.45) is 5.92 Å². The van der Waals surface area contributed by atoms with Gasteiger partial charge in [-0.2, -0.15) is 0 Å². The summed E-state index contributed by atoms with van der Waals surface area (Å²) in [6.07, 6.45) is 7.67. The number of carbonyl (C=O) groups is 2. The summed E-state index contributed by atoms with van der Waals surface area (Å²) >= 11 is 0. The number of nitrogens with zero attached hydrogens (tertiary/aromatic N) is 1. The van der Waals surface area contributed by atoms with Crippen LogP contribution in [0.3, 0.4) is 0 Å². The third-order valence-electron chi connectivity index (χ3n) is 5.87. The third-order valence-corrected chi connectivity index (χ3v) is 5.87. The first-order valence-electron chi connectivity index (χ1n) is 10.0. The van der Waals surface area contributed by atoms with Crippen LogP contribution in [-0.2, 0) is 11.2 Å².